The number of hydrogen-bond acceptors (Lipinski definition) is 6. The maximum atomic E-state index is 5.87. The molecule has 1 aliphatic rings. The van der Waals surface area contributed by atoms with Gasteiger partial charge >= 0.3 is 0 Å². The topological polar surface area (TPSA) is 78.9 Å². The molecule has 3 heterocycles. The lowest BCUT2D eigenvalue weighted by molar-refractivity contribution is 0.0792. The van der Waals surface area contributed by atoms with E-state index in [1.165, 1.54) is 24.8 Å². The maximum absolute atomic E-state index is 5.87. The fourth-order valence-electron chi connectivity index (χ4n) is 4.26. The van der Waals surface area contributed by atoms with Crippen molar-refractivity contribution in [2.24, 2.45) is 0 Å². The lowest BCUT2D eigenvalue weighted by Gasteiger charge is -2.42. The number of nitrogens with zero attached hydrogens (tertiary/aromatic N) is 5. The highest BCUT2D eigenvalue weighted by atomic mass is 35.5. The molecule has 0 spiro atoms. The number of halogens is 1. The van der Waals surface area contributed by atoms with Gasteiger partial charge in [0, 0.05) is 30.0 Å². The first-order chi connectivity index (χ1) is 15.6. The van der Waals surface area contributed by atoms with Crippen LogP contribution in [0.3, 0.4) is 0 Å². The van der Waals surface area contributed by atoms with Gasteiger partial charge in [-0.2, -0.15) is 10.1 Å². The standard InChI is InChI=1S/C24H24ClN5O2/c1-16-12-20(28-30(16)14-17-4-9-21(25)26-13-17)23-27-22(29-32-23)18-5-7-19(8-6-18)24(15-31-2)10-3-11-24/h4-9,12-13H,3,10-11,14-15H2,1-2H3. The molecule has 8 heteroatoms. The van der Waals surface area contributed by atoms with Crippen LogP contribution in [0.4, 0.5) is 0 Å². The zero-order valence-corrected chi connectivity index (χ0v) is 18.8. The van der Waals surface area contributed by atoms with Crippen LogP contribution >= 0.6 is 11.6 Å². The number of ether oxygens (including phenoxy) is 1. The van der Waals surface area contributed by atoms with E-state index in [9.17, 15) is 0 Å². The molecule has 164 valence electrons. The summed E-state index contributed by atoms with van der Waals surface area (Å²) < 4.78 is 12.9. The average Bonchev–Trinajstić information content (AvgIpc) is 3.40. The summed E-state index contributed by atoms with van der Waals surface area (Å²) in [5.41, 5.74) is 5.02. The Balaban J connectivity index is 1.34. The van der Waals surface area contributed by atoms with Crippen LogP contribution in [0.15, 0.2) is 53.2 Å². The number of methoxy groups -OCH3 is 1. The van der Waals surface area contributed by atoms with Gasteiger partial charge in [-0.05, 0) is 43.0 Å². The van der Waals surface area contributed by atoms with E-state index in [0.29, 0.717) is 29.1 Å². The summed E-state index contributed by atoms with van der Waals surface area (Å²) in [5, 5.41) is 9.28. The molecule has 0 radical (unpaired) electrons. The van der Waals surface area contributed by atoms with E-state index in [-0.39, 0.29) is 5.41 Å². The molecule has 0 N–H and O–H groups in total. The molecule has 0 bridgehead atoms. The molecule has 0 aliphatic heterocycles. The Hall–Kier alpha value is -3.03. The molecule has 5 rings (SSSR count). The van der Waals surface area contributed by atoms with Gasteiger partial charge in [0.1, 0.15) is 5.15 Å². The summed E-state index contributed by atoms with van der Waals surface area (Å²) in [6, 6.07) is 14.1. The van der Waals surface area contributed by atoms with Gasteiger partial charge in [0.05, 0.1) is 13.2 Å². The second-order valence-electron chi connectivity index (χ2n) is 8.39. The van der Waals surface area contributed by atoms with Crippen molar-refractivity contribution in [1.82, 2.24) is 24.9 Å². The van der Waals surface area contributed by atoms with Gasteiger partial charge < -0.3 is 9.26 Å². The molecule has 0 saturated heterocycles. The third-order valence-electron chi connectivity index (χ3n) is 6.23. The van der Waals surface area contributed by atoms with Crippen molar-refractivity contribution >= 4 is 11.6 Å². The van der Waals surface area contributed by atoms with Gasteiger partial charge in [-0.3, -0.25) is 4.68 Å². The number of aromatic nitrogens is 5. The Bertz CT molecular complexity index is 1210. The van der Waals surface area contributed by atoms with Gasteiger partial charge in [-0.1, -0.05) is 53.5 Å². The Morgan fingerprint density at radius 2 is 1.97 bits per heavy atom. The first-order valence-corrected chi connectivity index (χ1v) is 11.0. The van der Waals surface area contributed by atoms with Crippen LogP contribution in [-0.2, 0) is 16.7 Å². The predicted octanol–water partition coefficient (Wildman–Crippen LogP) is 5.07. The Morgan fingerprint density at radius 3 is 2.62 bits per heavy atom. The molecule has 0 amide bonds. The lowest BCUT2D eigenvalue weighted by Crippen LogP contribution is -2.38. The second kappa shape index (κ2) is 8.48. The zero-order valence-electron chi connectivity index (χ0n) is 18.1. The highest BCUT2D eigenvalue weighted by Crippen LogP contribution is 2.44. The van der Waals surface area contributed by atoms with Gasteiger partial charge in [-0.15, -0.1) is 0 Å². The van der Waals surface area contributed by atoms with Crippen molar-refractivity contribution in [2.45, 2.75) is 38.1 Å². The van der Waals surface area contributed by atoms with Crippen LogP contribution in [0.25, 0.3) is 23.0 Å². The molecule has 0 unspecified atom stereocenters. The van der Waals surface area contributed by atoms with Crippen LogP contribution in [0, 0.1) is 6.92 Å². The number of hydrogen-bond donors (Lipinski definition) is 0. The molecule has 0 atom stereocenters. The highest BCUT2D eigenvalue weighted by molar-refractivity contribution is 6.29. The van der Waals surface area contributed by atoms with E-state index in [1.807, 2.05) is 23.7 Å². The van der Waals surface area contributed by atoms with Crippen molar-refractivity contribution in [3.63, 3.8) is 0 Å². The molecule has 7 nitrogen and oxygen atoms in total. The zero-order chi connectivity index (χ0) is 22.1. The maximum Gasteiger partial charge on any atom is 0.278 e. The van der Waals surface area contributed by atoms with E-state index in [4.69, 9.17) is 20.9 Å². The van der Waals surface area contributed by atoms with Gasteiger partial charge in [0.2, 0.25) is 5.82 Å². The molecule has 3 aromatic heterocycles. The minimum absolute atomic E-state index is 0.152. The van der Waals surface area contributed by atoms with E-state index in [0.717, 1.165) is 23.4 Å². The molecule has 1 fully saturated rings. The highest BCUT2D eigenvalue weighted by Gasteiger charge is 2.38. The number of aryl methyl sites for hydroxylation is 1. The van der Waals surface area contributed by atoms with Crippen molar-refractivity contribution in [3.8, 4) is 23.0 Å². The molecular weight excluding hydrogens is 426 g/mol. The van der Waals surface area contributed by atoms with Crippen molar-refractivity contribution in [3.05, 3.63) is 70.6 Å². The van der Waals surface area contributed by atoms with Gasteiger partial charge in [0.25, 0.3) is 5.89 Å². The summed E-state index contributed by atoms with van der Waals surface area (Å²) in [4.78, 5) is 8.70. The molecule has 1 aromatic carbocycles. The molecular formula is C24H24ClN5O2. The SMILES string of the molecule is COCC1(c2ccc(-c3noc(-c4cc(C)n(Cc5ccc(Cl)nc5)n4)n3)cc2)CCC1. The molecule has 1 aliphatic carbocycles. The van der Waals surface area contributed by atoms with Crippen molar-refractivity contribution < 1.29 is 9.26 Å². The number of rotatable bonds is 7. The van der Waals surface area contributed by atoms with Crippen LogP contribution in [0.2, 0.25) is 5.15 Å². The Morgan fingerprint density at radius 1 is 1.16 bits per heavy atom. The smallest absolute Gasteiger partial charge is 0.278 e. The fraction of sp³-hybridized carbons (Fsp3) is 0.333. The monoisotopic (exact) mass is 449 g/mol. The quantitative estimate of drug-likeness (QED) is 0.366. The van der Waals surface area contributed by atoms with Crippen LogP contribution in [-0.4, -0.2) is 38.6 Å². The predicted molar refractivity (Wildman–Crippen MR) is 121 cm³/mol. The molecule has 4 aromatic rings. The lowest BCUT2D eigenvalue weighted by atomic mass is 9.65. The number of benzene rings is 1. The third-order valence-corrected chi connectivity index (χ3v) is 6.46. The van der Waals surface area contributed by atoms with E-state index in [1.54, 1.807) is 19.4 Å². The second-order valence-corrected chi connectivity index (χ2v) is 8.77. The Kier molecular flexibility index (Phi) is 5.53. The van der Waals surface area contributed by atoms with Gasteiger partial charge in [-0.25, -0.2) is 4.98 Å². The summed E-state index contributed by atoms with van der Waals surface area (Å²) in [6.07, 6.45) is 5.33. The molecule has 1 saturated carbocycles. The minimum Gasteiger partial charge on any atom is -0.384 e. The third kappa shape index (κ3) is 3.94. The first-order valence-electron chi connectivity index (χ1n) is 10.7. The summed E-state index contributed by atoms with van der Waals surface area (Å²) in [5.74, 6) is 0.949. The Labute approximate surface area is 191 Å². The van der Waals surface area contributed by atoms with E-state index >= 15 is 0 Å². The first kappa shape index (κ1) is 20.8. The van der Waals surface area contributed by atoms with E-state index in [2.05, 4.69) is 44.5 Å². The van der Waals surface area contributed by atoms with Crippen LogP contribution in [0.5, 0.6) is 0 Å². The largest absolute Gasteiger partial charge is 0.384 e. The van der Waals surface area contributed by atoms with Crippen molar-refractivity contribution in [1.29, 1.82) is 0 Å². The molecule has 32 heavy (non-hydrogen) atoms. The van der Waals surface area contributed by atoms with E-state index < -0.39 is 0 Å². The summed E-state index contributed by atoms with van der Waals surface area (Å²) in [6.45, 7) is 3.33. The summed E-state index contributed by atoms with van der Waals surface area (Å²) in [7, 11) is 1.77. The minimum atomic E-state index is 0.152. The van der Waals surface area contributed by atoms with Crippen molar-refractivity contribution in [2.75, 3.05) is 13.7 Å². The fourth-order valence-corrected chi connectivity index (χ4v) is 4.37. The summed E-state index contributed by atoms with van der Waals surface area (Å²) >= 11 is 5.87. The average molecular weight is 450 g/mol. The van der Waals surface area contributed by atoms with Crippen LogP contribution < -0.4 is 0 Å². The number of pyridine rings is 1. The van der Waals surface area contributed by atoms with Crippen LogP contribution in [0.1, 0.15) is 36.1 Å². The van der Waals surface area contributed by atoms with Gasteiger partial charge in [0.15, 0.2) is 5.69 Å². The normalized spacial score (nSPS) is 15.0.